The highest BCUT2D eigenvalue weighted by Gasteiger charge is 2.28. The van der Waals surface area contributed by atoms with Gasteiger partial charge in [-0.3, -0.25) is 4.79 Å². The molecule has 6 nitrogen and oxygen atoms in total. The smallest absolute Gasteiger partial charge is 0.272 e. The maximum atomic E-state index is 13.4. The molecule has 8 heteroatoms. The minimum Gasteiger partial charge on any atom is -0.345 e. The normalized spacial score (nSPS) is 19.9. The molecule has 1 aliphatic rings. The second-order valence-corrected chi connectivity index (χ2v) is 8.13. The number of amides is 1. The van der Waals surface area contributed by atoms with Gasteiger partial charge >= 0.3 is 0 Å². The standard InChI is InChI=1S/C18H20FN3O3S/c1-11-9-13(7-8-15(11)19)20-18(23)17-14-6-4-5-12(2)21-26(24,25)16(14)10-22(17)3/h4,6-10,12,21H,5H2,1-3H3,(H,20,23)/b6-4-. The van der Waals surface area contributed by atoms with E-state index in [0.717, 1.165) is 0 Å². The maximum absolute atomic E-state index is 13.4. The van der Waals surface area contributed by atoms with Crippen molar-refractivity contribution in [3.63, 3.8) is 0 Å². The number of aromatic nitrogens is 1. The van der Waals surface area contributed by atoms with Gasteiger partial charge in [-0.05, 0) is 44.0 Å². The third kappa shape index (κ3) is 3.42. The van der Waals surface area contributed by atoms with E-state index in [0.29, 0.717) is 23.2 Å². The summed E-state index contributed by atoms with van der Waals surface area (Å²) >= 11 is 0. The van der Waals surface area contributed by atoms with Crippen LogP contribution in [0.5, 0.6) is 0 Å². The van der Waals surface area contributed by atoms with Crippen LogP contribution >= 0.6 is 0 Å². The number of carbonyl (C=O) groups is 1. The molecule has 1 unspecified atom stereocenters. The number of carbonyl (C=O) groups excluding carboxylic acids is 1. The molecule has 2 aromatic rings. The monoisotopic (exact) mass is 377 g/mol. The van der Waals surface area contributed by atoms with Gasteiger partial charge in [0.05, 0.1) is 0 Å². The largest absolute Gasteiger partial charge is 0.345 e. The Morgan fingerprint density at radius 1 is 1.38 bits per heavy atom. The molecule has 26 heavy (non-hydrogen) atoms. The SMILES string of the molecule is Cc1cc(NC(=O)c2c3c(cn2C)S(=O)(=O)NC(C)C/C=C\3)ccc1F. The highest BCUT2D eigenvalue weighted by Crippen LogP contribution is 2.27. The molecule has 0 bridgehead atoms. The number of hydrogen-bond donors (Lipinski definition) is 2. The summed E-state index contributed by atoms with van der Waals surface area (Å²) in [6.07, 6.45) is 5.44. The summed E-state index contributed by atoms with van der Waals surface area (Å²) < 4.78 is 42.6. The molecule has 0 fully saturated rings. The summed E-state index contributed by atoms with van der Waals surface area (Å²) in [5.41, 5.74) is 1.40. The number of sulfonamides is 1. The summed E-state index contributed by atoms with van der Waals surface area (Å²) in [4.78, 5) is 12.8. The van der Waals surface area contributed by atoms with E-state index in [-0.39, 0.29) is 22.4 Å². The number of aryl methyl sites for hydroxylation is 2. The van der Waals surface area contributed by atoms with E-state index in [9.17, 15) is 17.6 Å². The van der Waals surface area contributed by atoms with Crippen molar-refractivity contribution >= 4 is 27.7 Å². The first-order valence-electron chi connectivity index (χ1n) is 8.14. The molecule has 1 amide bonds. The lowest BCUT2D eigenvalue weighted by Crippen LogP contribution is -2.33. The topological polar surface area (TPSA) is 80.2 Å². The number of halogens is 1. The predicted octanol–water partition coefficient (Wildman–Crippen LogP) is 2.81. The van der Waals surface area contributed by atoms with Crippen LogP contribution in [0.2, 0.25) is 0 Å². The van der Waals surface area contributed by atoms with Gasteiger partial charge in [0.2, 0.25) is 10.0 Å². The lowest BCUT2D eigenvalue weighted by molar-refractivity contribution is 0.101. The van der Waals surface area contributed by atoms with Crippen LogP contribution < -0.4 is 10.0 Å². The van der Waals surface area contributed by atoms with Crippen LogP contribution in [0.15, 0.2) is 35.4 Å². The van der Waals surface area contributed by atoms with E-state index in [1.807, 2.05) is 6.08 Å². The molecule has 2 heterocycles. The van der Waals surface area contributed by atoms with Crippen molar-refractivity contribution in [2.45, 2.75) is 31.2 Å². The van der Waals surface area contributed by atoms with Crippen LogP contribution in [-0.4, -0.2) is 24.9 Å². The molecule has 1 aromatic carbocycles. The molecule has 1 atom stereocenters. The van der Waals surface area contributed by atoms with Crippen molar-refractivity contribution in [1.29, 1.82) is 0 Å². The summed E-state index contributed by atoms with van der Waals surface area (Å²) in [5, 5.41) is 2.70. The Bertz CT molecular complexity index is 1010. The van der Waals surface area contributed by atoms with Crippen LogP contribution in [0.25, 0.3) is 6.08 Å². The van der Waals surface area contributed by atoms with Gasteiger partial charge in [-0.1, -0.05) is 12.2 Å². The van der Waals surface area contributed by atoms with Crippen LogP contribution in [0, 0.1) is 12.7 Å². The van der Waals surface area contributed by atoms with Crippen molar-refractivity contribution in [3.05, 3.63) is 53.1 Å². The Morgan fingerprint density at radius 3 is 2.81 bits per heavy atom. The molecular formula is C18H20FN3O3S. The Labute approximate surface area is 151 Å². The number of benzene rings is 1. The second kappa shape index (κ2) is 6.69. The van der Waals surface area contributed by atoms with Crippen molar-refractivity contribution in [1.82, 2.24) is 9.29 Å². The maximum Gasteiger partial charge on any atom is 0.272 e. The minimum atomic E-state index is -3.72. The zero-order valence-electron chi connectivity index (χ0n) is 14.7. The van der Waals surface area contributed by atoms with Gasteiger partial charge in [-0.15, -0.1) is 0 Å². The lowest BCUT2D eigenvalue weighted by atomic mass is 10.1. The molecule has 1 aromatic heterocycles. The number of nitrogens with one attached hydrogen (secondary N) is 2. The number of fused-ring (bicyclic) bond motifs is 1. The van der Waals surface area contributed by atoms with Crippen LogP contribution in [0.3, 0.4) is 0 Å². The summed E-state index contributed by atoms with van der Waals surface area (Å²) in [7, 11) is -2.11. The van der Waals surface area contributed by atoms with Crippen molar-refractivity contribution in [2.75, 3.05) is 5.32 Å². The molecule has 0 aliphatic carbocycles. The third-order valence-electron chi connectivity index (χ3n) is 4.24. The molecular weight excluding hydrogens is 357 g/mol. The highest BCUT2D eigenvalue weighted by molar-refractivity contribution is 7.89. The Hall–Kier alpha value is -2.45. The minimum absolute atomic E-state index is 0.0586. The first-order chi connectivity index (χ1) is 12.2. The lowest BCUT2D eigenvalue weighted by Gasteiger charge is -2.15. The highest BCUT2D eigenvalue weighted by atomic mass is 32.2. The number of rotatable bonds is 2. The fraction of sp³-hybridized carbons (Fsp3) is 0.278. The van der Waals surface area contributed by atoms with E-state index < -0.39 is 15.9 Å². The van der Waals surface area contributed by atoms with Gasteiger partial charge in [0.15, 0.2) is 0 Å². The van der Waals surface area contributed by atoms with E-state index in [2.05, 4.69) is 10.0 Å². The van der Waals surface area contributed by atoms with Crippen molar-refractivity contribution in [3.8, 4) is 0 Å². The first-order valence-corrected chi connectivity index (χ1v) is 9.63. The molecule has 3 rings (SSSR count). The fourth-order valence-corrected chi connectivity index (χ4v) is 4.46. The van der Waals surface area contributed by atoms with Gasteiger partial charge in [-0.25, -0.2) is 17.5 Å². The predicted molar refractivity (Wildman–Crippen MR) is 97.9 cm³/mol. The summed E-state index contributed by atoms with van der Waals surface area (Å²) in [6, 6.07) is 4.03. The first kappa shape index (κ1) is 18.3. The zero-order chi connectivity index (χ0) is 19.1. The van der Waals surface area contributed by atoms with Gasteiger partial charge in [0.1, 0.15) is 16.4 Å². The third-order valence-corrected chi connectivity index (χ3v) is 5.85. The van der Waals surface area contributed by atoms with Gasteiger partial charge in [0, 0.05) is 30.5 Å². The fourth-order valence-electron chi connectivity index (χ4n) is 2.95. The second-order valence-electron chi connectivity index (χ2n) is 6.45. The summed E-state index contributed by atoms with van der Waals surface area (Å²) in [6.45, 7) is 3.38. The quantitative estimate of drug-likeness (QED) is 0.845. The van der Waals surface area contributed by atoms with Crippen molar-refractivity contribution in [2.24, 2.45) is 7.05 Å². The average Bonchev–Trinajstić information content (AvgIpc) is 2.87. The van der Waals surface area contributed by atoms with Crippen molar-refractivity contribution < 1.29 is 17.6 Å². The van der Waals surface area contributed by atoms with E-state index in [4.69, 9.17) is 0 Å². The number of nitrogens with zero attached hydrogens (tertiary/aromatic N) is 1. The molecule has 1 aliphatic heterocycles. The van der Waals surface area contributed by atoms with Gasteiger partial charge in [0.25, 0.3) is 5.91 Å². The molecule has 0 spiro atoms. The van der Waals surface area contributed by atoms with Gasteiger partial charge < -0.3 is 9.88 Å². The van der Waals surface area contributed by atoms with E-state index in [1.54, 1.807) is 27.0 Å². The molecule has 0 radical (unpaired) electrons. The Balaban J connectivity index is 2.03. The van der Waals surface area contributed by atoms with Gasteiger partial charge in [-0.2, -0.15) is 0 Å². The molecule has 138 valence electrons. The van der Waals surface area contributed by atoms with E-state index >= 15 is 0 Å². The zero-order valence-corrected chi connectivity index (χ0v) is 15.5. The average molecular weight is 377 g/mol. The number of anilines is 1. The molecule has 2 N–H and O–H groups in total. The Morgan fingerprint density at radius 2 is 2.12 bits per heavy atom. The van der Waals surface area contributed by atoms with E-state index in [1.165, 1.54) is 29.0 Å². The van der Waals surface area contributed by atoms with Crippen LogP contribution in [0.1, 0.15) is 35.0 Å². The molecule has 0 saturated carbocycles. The Kier molecular flexibility index (Phi) is 4.72. The number of hydrogen-bond acceptors (Lipinski definition) is 3. The van der Waals surface area contributed by atoms with Crippen LogP contribution in [0.4, 0.5) is 10.1 Å². The summed E-state index contributed by atoms with van der Waals surface area (Å²) in [5.74, 6) is -0.825. The molecule has 0 saturated heterocycles. The van der Waals surface area contributed by atoms with Crippen LogP contribution in [-0.2, 0) is 17.1 Å².